The number of rotatable bonds is 10. The Morgan fingerprint density at radius 3 is 1.89 bits per heavy atom. The number of halogens is 3. The number of nitrogens with one attached hydrogen (secondary N) is 1. The van der Waals surface area contributed by atoms with Crippen molar-refractivity contribution in [1.29, 1.82) is 0 Å². The number of carbonyl (C=O) groups is 3. The van der Waals surface area contributed by atoms with E-state index in [1.807, 2.05) is 0 Å². The third-order valence-electron chi connectivity index (χ3n) is 4.87. The molecule has 0 fully saturated rings. The van der Waals surface area contributed by atoms with Crippen LogP contribution in [0.3, 0.4) is 0 Å². The second-order valence-corrected chi connectivity index (χ2v) is 7.98. The number of carboxylic acid groups (broad SMARTS) is 1. The van der Waals surface area contributed by atoms with Crippen molar-refractivity contribution in [3.63, 3.8) is 0 Å². The van der Waals surface area contributed by atoms with Crippen molar-refractivity contribution in [3.8, 4) is 0 Å². The van der Waals surface area contributed by atoms with E-state index in [-0.39, 0.29) is 58.9 Å². The number of benzene rings is 3. The Kier molecular flexibility index (Phi) is 11.5. The normalized spacial score (nSPS) is 10.3. The summed E-state index contributed by atoms with van der Waals surface area (Å²) in [6, 6.07) is 15.3. The Labute approximate surface area is 233 Å². The van der Waals surface area contributed by atoms with E-state index in [2.05, 4.69) is 5.32 Å². The van der Waals surface area contributed by atoms with Gasteiger partial charge in [-0.1, -0.05) is 35.9 Å². The number of hydrogen-bond donors (Lipinski definition) is 2. The van der Waals surface area contributed by atoms with Crippen LogP contribution in [0, 0.1) is 11.6 Å². The Balaban J connectivity index is 0.00000456. The van der Waals surface area contributed by atoms with Crippen molar-refractivity contribution < 1.29 is 33.0 Å². The summed E-state index contributed by atoms with van der Waals surface area (Å²) >= 11 is 5.80. The van der Waals surface area contributed by atoms with Crippen molar-refractivity contribution in [2.24, 2.45) is 0 Å². The maximum atomic E-state index is 13.2. The van der Waals surface area contributed by atoms with Crippen LogP contribution >= 0.6 is 11.6 Å². The number of anilines is 1. The van der Waals surface area contributed by atoms with Crippen LogP contribution in [0.25, 0.3) is 0 Å². The number of ether oxygens (including phenoxy) is 1. The van der Waals surface area contributed by atoms with Crippen LogP contribution in [0.4, 0.5) is 14.5 Å². The Morgan fingerprint density at radius 2 is 1.39 bits per heavy atom. The average molecular weight is 527 g/mol. The van der Waals surface area contributed by atoms with Gasteiger partial charge in [0.25, 0.3) is 0 Å². The molecule has 0 saturated carbocycles. The molecule has 3 rings (SSSR count). The van der Waals surface area contributed by atoms with Crippen LogP contribution in [0.15, 0.2) is 66.7 Å². The molecule has 0 atom stereocenters. The molecular formula is C25H22ClF2N2NaO5. The van der Waals surface area contributed by atoms with Crippen molar-refractivity contribution in [3.05, 3.63) is 100 Å². The van der Waals surface area contributed by atoms with Crippen LogP contribution in [0.5, 0.6) is 0 Å². The molecule has 3 aromatic carbocycles. The molecule has 0 saturated heterocycles. The van der Waals surface area contributed by atoms with Crippen LogP contribution in [-0.2, 0) is 27.4 Å². The molecule has 0 bridgehead atoms. The predicted molar refractivity (Wildman–Crippen MR) is 132 cm³/mol. The zero-order chi connectivity index (χ0) is 25.4. The van der Waals surface area contributed by atoms with Gasteiger partial charge in [-0.25, -0.2) is 13.6 Å². The zero-order valence-corrected chi connectivity index (χ0v) is 19.1. The Morgan fingerprint density at radius 1 is 0.861 bits per heavy atom. The van der Waals surface area contributed by atoms with Gasteiger partial charge in [0.2, 0.25) is 11.8 Å². The monoisotopic (exact) mass is 526 g/mol. The number of carboxylic acids is 1. The van der Waals surface area contributed by atoms with Crippen LogP contribution in [0.2, 0.25) is 5.02 Å². The molecular weight excluding hydrogens is 505 g/mol. The topological polar surface area (TPSA) is 95.9 Å². The van der Waals surface area contributed by atoms with Gasteiger partial charge in [-0.3, -0.25) is 9.59 Å². The number of nitrogens with zero attached hydrogens (tertiary/aromatic N) is 1. The van der Waals surface area contributed by atoms with Crippen LogP contribution < -0.4 is 5.32 Å². The number of carbonyl (C=O) groups excluding carboxylic acids is 2. The van der Waals surface area contributed by atoms with E-state index < -0.39 is 42.6 Å². The molecule has 0 unspecified atom stereocenters. The fraction of sp³-hybridized carbons (Fsp3) is 0.160. The van der Waals surface area contributed by atoms with Gasteiger partial charge in [0.15, 0.2) is 0 Å². The standard InChI is InChI=1S/C25H21ClF2N2O5.Na.H/c26-18-5-10-22(21(11-18)25(33)34)29-23(31)14-35-15-24(32)30(12-16-1-6-19(27)7-2-16)13-17-3-8-20(28)9-4-17;;/h1-11H,12-15H2,(H,29,31)(H,33,34);;. The quantitative estimate of drug-likeness (QED) is 0.391. The Hall–Kier alpha value is -2.82. The first-order chi connectivity index (χ1) is 16.7. The molecule has 7 nitrogen and oxygen atoms in total. The number of amides is 2. The molecule has 0 spiro atoms. The molecule has 184 valence electrons. The summed E-state index contributed by atoms with van der Waals surface area (Å²) in [6.45, 7) is -0.672. The number of aromatic carboxylic acids is 1. The minimum absolute atomic E-state index is 0. The van der Waals surface area contributed by atoms with E-state index in [0.717, 1.165) is 0 Å². The van der Waals surface area contributed by atoms with Crippen molar-refractivity contribution >= 4 is 64.6 Å². The first-order valence-corrected chi connectivity index (χ1v) is 10.8. The molecule has 0 aliphatic heterocycles. The first-order valence-electron chi connectivity index (χ1n) is 10.4. The molecule has 0 aliphatic rings. The summed E-state index contributed by atoms with van der Waals surface area (Å²) in [4.78, 5) is 37.8. The second-order valence-electron chi connectivity index (χ2n) is 7.54. The summed E-state index contributed by atoms with van der Waals surface area (Å²) in [5, 5.41) is 11.9. The van der Waals surface area contributed by atoms with Crippen LogP contribution in [0.1, 0.15) is 21.5 Å². The molecule has 0 radical (unpaired) electrons. The van der Waals surface area contributed by atoms with Gasteiger partial charge >= 0.3 is 35.5 Å². The van der Waals surface area contributed by atoms with Gasteiger partial charge in [0.1, 0.15) is 24.8 Å². The fourth-order valence-electron chi connectivity index (χ4n) is 3.16. The maximum absolute atomic E-state index is 13.2. The predicted octanol–water partition coefficient (Wildman–Crippen LogP) is 3.85. The third-order valence-corrected chi connectivity index (χ3v) is 5.11. The van der Waals surface area contributed by atoms with Gasteiger partial charge in [-0.2, -0.15) is 0 Å². The van der Waals surface area contributed by atoms with E-state index in [4.69, 9.17) is 16.3 Å². The van der Waals surface area contributed by atoms with Crippen molar-refractivity contribution in [2.75, 3.05) is 18.5 Å². The fourth-order valence-corrected chi connectivity index (χ4v) is 3.34. The molecule has 2 N–H and O–H groups in total. The summed E-state index contributed by atoms with van der Waals surface area (Å²) in [7, 11) is 0. The van der Waals surface area contributed by atoms with Gasteiger partial charge in [0.05, 0.1) is 11.3 Å². The van der Waals surface area contributed by atoms with E-state index in [9.17, 15) is 28.3 Å². The van der Waals surface area contributed by atoms with Gasteiger partial charge in [-0.15, -0.1) is 0 Å². The molecule has 11 heteroatoms. The van der Waals surface area contributed by atoms with Gasteiger partial charge < -0.3 is 20.1 Å². The molecule has 0 aromatic heterocycles. The zero-order valence-electron chi connectivity index (χ0n) is 18.3. The molecule has 36 heavy (non-hydrogen) atoms. The summed E-state index contributed by atoms with van der Waals surface area (Å²) in [5.74, 6) is -3.20. The van der Waals surface area contributed by atoms with E-state index in [1.165, 1.54) is 47.4 Å². The Bertz CT molecular complexity index is 1160. The van der Waals surface area contributed by atoms with Crippen molar-refractivity contribution in [2.45, 2.75) is 13.1 Å². The summed E-state index contributed by atoms with van der Waals surface area (Å²) < 4.78 is 31.7. The number of hydrogen-bond acceptors (Lipinski definition) is 4. The van der Waals surface area contributed by atoms with E-state index >= 15 is 0 Å². The molecule has 0 aliphatic carbocycles. The molecule has 0 heterocycles. The average Bonchev–Trinajstić information content (AvgIpc) is 2.82. The SMILES string of the molecule is O=C(COCC(=O)N(Cc1ccc(F)cc1)Cc1ccc(F)cc1)Nc1ccc(Cl)cc1C(=O)O.[NaH]. The molecule has 3 aromatic rings. The minimum atomic E-state index is -1.27. The third kappa shape index (κ3) is 9.00. The summed E-state index contributed by atoms with van der Waals surface area (Å²) in [6.07, 6.45) is 0. The molecule has 2 amide bonds. The van der Waals surface area contributed by atoms with E-state index in [1.54, 1.807) is 24.3 Å². The van der Waals surface area contributed by atoms with Crippen molar-refractivity contribution in [1.82, 2.24) is 4.90 Å². The van der Waals surface area contributed by atoms with E-state index in [0.29, 0.717) is 11.1 Å². The van der Waals surface area contributed by atoms with Gasteiger partial charge in [0, 0.05) is 18.1 Å². The second kappa shape index (κ2) is 14.1. The first kappa shape index (κ1) is 29.4. The van der Waals surface area contributed by atoms with Gasteiger partial charge in [-0.05, 0) is 53.6 Å². The summed E-state index contributed by atoms with van der Waals surface area (Å²) in [5.41, 5.74) is 1.19. The van der Waals surface area contributed by atoms with Crippen LogP contribution in [-0.4, -0.2) is 70.6 Å².